The van der Waals surface area contributed by atoms with E-state index in [4.69, 9.17) is 4.74 Å². The number of rotatable bonds is 8. The van der Waals surface area contributed by atoms with Gasteiger partial charge in [0.15, 0.2) is 0 Å². The molecule has 0 atom stereocenters. The van der Waals surface area contributed by atoms with E-state index >= 15 is 0 Å². The maximum atomic E-state index is 14.6. The normalized spacial score (nSPS) is 11.1. The second kappa shape index (κ2) is 9.82. The lowest BCUT2D eigenvalue weighted by molar-refractivity contribution is 0.102. The van der Waals surface area contributed by atoms with Crippen molar-refractivity contribution in [3.05, 3.63) is 83.7 Å². The smallest absolute Gasteiger partial charge is 0.267 e. The van der Waals surface area contributed by atoms with Gasteiger partial charge in [-0.15, -0.1) is 0 Å². The van der Waals surface area contributed by atoms with Crippen LogP contribution in [0.25, 0.3) is 0 Å². The Kier molecular flexibility index (Phi) is 7.15. The van der Waals surface area contributed by atoms with Gasteiger partial charge in [0.05, 0.1) is 12.3 Å². The molecule has 3 aromatic carbocycles. The quantitative estimate of drug-likeness (QED) is 0.518. The number of sulfonamides is 1. The number of hydrogen-bond acceptors (Lipinski definition) is 4. The monoisotopic (exact) mass is 456 g/mol. The first-order valence-electron chi connectivity index (χ1n) is 10.2. The number of nitrogens with one attached hydrogen (secondary N) is 1. The van der Waals surface area contributed by atoms with Crippen molar-refractivity contribution in [3.8, 4) is 5.75 Å². The maximum absolute atomic E-state index is 14.6. The van der Waals surface area contributed by atoms with E-state index in [2.05, 4.69) is 5.32 Å². The standard InChI is InChI=1S/C24H25FN2O4S/c1-4-27(20-8-6-7-17(3)15-20)32(29,30)23-16-18(9-14-22(23)25)24(28)26-19-10-12-21(13-11-19)31-5-2/h6-16H,4-5H2,1-3H3,(H,26,28). The van der Waals surface area contributed by atoms with Crippen molar-refractivity contribution in [3.63, 3.8) is 0 Å². The summed E-state index contributed by atoms with van der Waals surface area (Å²) < 4.78 is 47.6. The lowest BCUT2D eigenvalue weighted by atomic mass is 10.2. The van der Waals surface area contributed by atoms with Gasteiger partial charge in [-0.1, -0.05) is 12.1 Å². The molecule has 1 amide bonds. The van der Waals surface area contributed by atoms with E-state index in [0.717, 1.165) is 22.0 Å². The fourth-order valence-corrected chi connectivity index (χ4v) is 4.80. The number of benzene rings is 3. The van der Waals surface area contributed by atoms with Crippen LogP contribution in [0.5, 0.6) is 5.75 Å². The van der Waals surface area contributed by atoms with Crippen LogP contribution in [-0.2, 0) is 10.0 Å². The number of hydrogen-bond donors (Lipinski definition) is 1. The molecule has 0 aromatic heterocycles. The highest BCUT2D eigenvalue weighted by molar-refractivity contribution is 7.92. The minimum atomic E-state index is -4.23. The van der Waals surface area contributed by atoms with Gasteiger partial charge in [-0.25, -0.2) is 12.8 Å². The van der Waals surface area contributed by atoms with Crippen molar-refractivity contribution in [1.29, 1.82) is 0 Å². The second-order valence-electron chi connectivity index (χ2n) is 7.07. The Morgan fingerprint density at radius 1 is 1.03 bits per heavy atom. The lowest BCUT2D eigenvalue weighted by Gasteiger charge is -2.23. The van der Waals surface area contributed by atoms with Crippen LogP contribution in [0.4, 0.5) is 15.8 Å². The number of ether oxygens (including phenoxy) is 1. The molecule has 3 aromatic rings. The molecule has 0 aliphatic rings. The fraction of sp³-hybridized carbons (Fsp3) is 0.208. The van der Waals surface area contributed by atoms with E-state index in [0.29, 0.717) is 23.7 Å². The van der Waals surface area contributed by atoms with Crippen LogP contribution >= 0.6 is 0 Å². The van der Waals surface area contributed by atoms with Crippen molar-refractivity contribution < 1.29 is 22.3 Å². The highest BCUT2D eigenvalue weighted by Gasteiger charge is 2.28. The van der Waals surface area contributed by atoms with Gasteiger partial charge in [0.2, 0.25) is 0 Å². The Labute approximate surface area is 187 Å². The summed E-state index contributed by atoms with van der Waals surface area (Å²) in [6.07, 6.45) is 0. The molecule has 0 spiro atoms. The fourth-order valence-electron chi connectivity index (χ4n) is 3.24. The first-order valence-corrected chi connectivity index (χ1v) is 11.6. The molecule has 0 heterocycles. The molecule has 0 aliphatic carbocycles. The minimum absolute atomic E-state index is 0.0270. The predicted molar refractivity (Wildman–Crippen MR) is 123 cm³/mol. The van der Waals surface area contributed by atoms with E-state index < -0.39 is 26.6 Å². The summed E-state index contributed by atoms with van der Waals surface area (Å²) >= 11 is 0. The number of halogens is 1. The third-order valence-corrected chi connectivity index (χ3v) is 6.68. The third kappa shape index (κ3) is 5.08. The number of carbonyl (C=O) groups is 1. The highest BCUT2D eigenvalue weighted by atomic mass is 32.2. The Bertz CT molecular complexity index is 1210. The summed E-state index contributed by atoms with van der Waals surface area (Å²) in [5, 5.41) is 2.68. The third-order valence-electron chi connectivity index (χ3n) is 4.76. The molecule has 32 heavy (non-hydrogen) atoms. The lowest BCUT2D eigenvalue weighted by Crippen LogP contribution is -2.31. The molecule has 3 rings (SSSR count). The molecule has 0 bridgehead atoms. The van der Waals surface area contributed by atoms with Crippen molar-refractivity contribution >= 4 is 27.3 Å². The van der Waals surface area contributed by atoms with E-state index in [1.807, 2.05) is 19.9 Å². The molecule has 0 unspecified atom stereocenters. The van der Waals surface area contributed by atoms with Crippen LogP contribution in [0.3, 0.4) is 0 Å². The summed E-state index contributed by atoms with van der Waals surface area (Å²) in [5.74, 6) is -0.811. The zero-order valence-electron chi connectivity index (χ0n) is 18.1. The maximum Gasteiger partial charge on any atom is 0.267 e. The average molecular weight is 457 g/mol. The molecule has 0 aliphatic heterocycles. The average Bonchev–Trinajstić information content (AvgIpc) is 2.76. The number of nitrogens with zero attached hydrogens (tertiary/aromatic N) is 1. The zero-order chi connectivity index (χ0) is 23.3. The van der Waals surface area contributed by atoms with Crippen LogP contribution in [0.15, 0.2) is 71.6 Å². The summed E-state index contributed by atoms with van der Waals surface area (Å²) in [4.78, 5) is 12.1. The van der Waals surface area contributed by atoms with E-state index in [-0.39, 0.29) is 12.1 Å². The first kappa shape index (κ1) is 23.3. The van der Waals surface area contributed by atoms with Gasteiger partial charge in [-0.2, -0.15) is 0 Å². The van der Waals surface area contributed by atoms with Crippen molar-refractivity contribution in [2.45, 2.75) is 25.7 Å². The highest BCUT2D eigenvalue weighted by Crippen LogP contribution is 2.27. The minimum Gasteiger partial charge on any atom is -0.494 e. The number of amides is 1. The van der Waals surface area contributed by atoms with Crippen LogP contribution in [-0.4, -0.2) is 27.5 Å². The van der Waals surface area contributed by atoms with Crippen molar-refractivity contribution in [2.24, 2.45) is 0 Å². The van der Waals surface area contributed by atoms with Crippen LogP contribution in [0.2, 0.25) is 0 Å². The molecule has 8 heteroatoms. The molecule has 0 saturated carbocycles. The van der Waals surface area contributed by atoms with Crippen LogP contribution in [0.1, 0.15) is 29.8 Å². The second-order valence-corrected chi connectivity index (χ2v) is 8.90. The van der Waals surface area contributed by atoms with Crippen molar-refractivity contribution in [2.75, 3.05) is 22.8 Å². The molecular formula is C24H25FN2O4S. The Morgan fingerprint density at radius 2 is 1.75 bits per heavy atom. The van der Waals surface area contributed by atoms with Gasteiger partial charge >= 0.3 is 0 Å². The molecule has 168 valence electrons. The van der Waals surface area contributed by atoms with Gasteiger partial charge in [0.25, 0.3) is 15.9 Å². The first-order chi connectivity index (χ1) is 15.3. The number of carbonyl (C=O) groups excluding carboxylic acids is 1. The summed E-state index contributed by atoms with van der Waals surface area (Å²) in [7, 11) is -4.23. The Morgan fingerprint density at radius 3 is 2.38 bits per heavy atom. The number of anilines is 2. The van der Waals surface area contributed by atoms with E-state index in [9.17, 15) is 17.6 Å². The Balaban J connectivity index is 1.90. The van der Waals surface area contributed by atoms with Crippen molar-refractivity contribution in [1.82, 2.24) is 0 Å². The van der Waals surface area contributed by atoms with Crippen LogP contribution in [0, 0.1) is 12.7 Å². The Hall–Kier alpha value is -3.39. The van der Waals surface area contributed by atoms with Gasteiger partial charge < -0.3 is 10.1 Å². The largest absolute Gasteiger partial charge is 0.494 e. The zero-order valence-corrected chi connectivity index (χ0v) is 18.9. The molecule has 0 radical (unpaired) electrons. The summed E-state index contributed by atoms with van der Waals surface area (Å²) in [6.45, 7) is 6.01. The predicted octanol–water partition coefficient (Wildman–Crippen LogP) is 5.00. The summed E-state index contributed by atoms with van der Waals surface area (Å²) in [6, 6.07) is 17.0. The van der Waals surface area contributed by atoms with Gasteiger partial charge in [0.1, 0.15) is 16.5 Å². The molecule has 0 saturated heterocycles. The summed E-state index contributed by atoms with van der Waals surface area (Å²) in [5.41, 5.74) is 1.83. The van der Waals surface area contributed by atoms with Crippen LogP contribution < -0.4 is 14.4 Å². The van der Waals surface area contributed by atoms with Gasteiger partial charge in [-0.05, 0) is 80.9 Å². The van der Waals surface area contributed by atoms with Gasteiger partial charge in [-0.3, -0.25) is 9.10 Å². The molecular weight excluding hydrogens is 431 g/mol. The SMILES string of the molecule is CCOc1ccc(NC(=O)c2ccc(F)c(S(=O)(=O)N(CC)c3cccc(C)c3)c2)cc1. The molecule has 0 fully saturated rings. The van der Waals surface area contributed by atoms with Gasteiger partial charge in [0, 0.05) is 17.8 Å². The topological polar surface area (TPSA) is 75.7 Å². The molecule has 1 N–H and O–H groups in total. The molecule has 6 nitrogen and oxygen atoms in total. The van der Waals surface area contributed by atoms with E-state index in [1.165, 1.54) is 6.07 Å². The number of aryl methyl sites for hydroxylation is 1. The van der Waals surface area contributed by atoms with E-state index in [1.54, 1.807) is 49.4 Å².